The van der Waals surface area contributed by atoms with Crippen LogP contribution in [0, 0.1) is 12.3 Å². The van der Waals surface area contributed by atoms with Crippen LogP contribution in [0.3, 0.4) is 0 Å². The topological polar surface area (TPSA) is 213 Å². The lowest BCUT2D eigenvalue weighted by Crippen LogP contribution is -2.57. The molecule has 3 aliphatic rings. The van der Waals surface area contributed by atoms with Crippen molar-refractivity contribution in [2.45, 2.75) is 142 Å². The summed E-state index contributed by atoms with van der Waals surface area (Å²) in [7, 11) is 0. The zero-order valence-corrected chi connectivity index (χ0v) is 42.0. The second kappa shape index (κ2) is 21.9. The SMILES string of the molecule is Cc1ncsc1-c1ccc(CNC(=O)[C@@H]2C[C@@H](O)CN2C(=O)[C@@H](NC(=O)CCc2cccc3cc(CO[C@H](C)[C@H](CCC(N)=O)NC(=O)[C@@H]4Cc5cccc6c5N4C(=O)CCC6)ccc23)C(C)(C)C)cc1. The Morgan fingerprint density at radius 2 is 1.66 bits per heavy atom. The first-order chi connectivity index (χ1) is 33.9. The van der Waals surface area contributed by atoms with Crippen molar-refractivity contribution in [2.24, 2.45) is 11.1 Å². The van der Waals surface area contributed by atoms with Crippen LogP contribution in [0.4, 0.5) is 5.69 Å². The van der Waals surface area contributed by atoms with Crippen LogP contribution in [0.25, 0.3) is 21.2 Å². The van der Waals surface area contributed by atoms with Crippen LogP contribution in [0.5, 0.6) is 0 Å². The van der Waals surface area contributed by atoms with Crippen molar-refractivity contribution >= 4 is 63.2 Å². The average Bonchev–Trinajstić information content (AvgIpc) is 4.05. The zero-order chi connectivity index (χ0) is 50.6. The Morgan fingerprint density at radius 1 is 0.915 bits per heavy atom. The Hall–Kier alpha value is -6.49. The van der Waals surface area contributed by atoms with Gasteiger partial charge in [0.05, 0.1) is 46.6 Å². The van der Waals surface area contributed by atoms with E-state index in [1.807, 2.05) is 119 Å². The van der Waals surface area contributed by atoms with Crippen LogP contribution in [0.1, 0.15) is 99.7 Å². The molecule has 374 valence electrons. The second-order valence-electron chi connectivity index (χ2n) is 20.3. The lowest BCUT2D eigenvalue weighted by Gasteiger charge is -2.35. The smallest absolute Gasteiger partial charge is 0.246 e. The number of aromatic nitrogens is 1. The van der Waals surface area contributed by atoms with E-state index in [9.17, 15) is 33.9 Å². The fraction of sp³-hybridized carbons (Fsp3) is 0.436. The van der Waals surface area contributed by atoms with Gasteiger partial charge >= 0.3 is 0 Å². The normalized spacial score (nSPS) is 18.9. The largest absolute Gasteiger partial charge is 0.391 e. The molecule has 71 heavy (non-hydrogen) atoms. The minimum absolute atomic E-state index is 0.0185. The molecular weight excluding hydrogens is 919 g/mol. The minimum Gasteiger partial charge on any atom is -0.391 e. The molecule has 0 unspecified atom stereocenters. The molecule has 1 aromatic heterocycles. The third-order valence-corrected chi connectivity index (χ3v) is 15.0. The molecule has 15 nitrogen and oxygen atoms in total. The highest BCUT2D eigenvalue weighted by Gasteiger charge is 2.45. The van der Waals surface area contributed by atoms with Gasteiger partial charge in [0.25, 0.3) is 0 Å². The highest BCUT2D eigenvalue weighted by molar-refractivity contribution is 7.13. The number of amides is 6. The van der Waals surface area contributed by atoms with Crippen LogP contribution in [-0.4, -0.2) is 93.4 Å². The number of nitrogens with zero attached hydrogens (tertiary/aromatic N) is 3. The monoisotopic (exact) mass is 983 g/mol. The van der Waals surface area contributed by atoms with Crippen molar-refractivity contribution in [1.82, 2.24) is 25.8 Å². The number of β-amino-alcohol motifs (C(OH)–C–C–N with tert-alkyl or cyclic N) is 1. The fourth-order valence-corrected chi connectivity index (χ4v) is 11.0. The summed E-state index contributed by atoms with van der Waals surface area (Å²) in [6.45, 7) is 9.85. The standard InChI is InChI=1S/C55H65N7O8S/c1-32-50(71-31-58-32)38-18-15-34(16-19-38)28-57-52(67)44-27-41(63)29-61(44)54(69)51(55(3,4)5)60-47(65)24-20-36-9-6-12-39-25-35(17-21-42(36)39)30-70-33(2)43(22-23-46(56)64)59-53(68)45-26-40-13-7-10-37-11-8-14-48(66)62(45)49(37)40/h6-7,9-10,12-13,15-19,21,25,31,33,41,43-45,51,63H,8,11,14,20,22-24,26-30H2,1-5H3,(H2,56,64)(H,57,67)(H,59,68)(H,60,65)/t33-,41-,43+,44+,45+,51-/m1/s1. The number of carbonyl (C=O) groups is 6. The van der Waals surface area contributed by atoms with Gasteiger partial charge in [-0.2, -0.15) is 0 Å². The highest BCUT2D eigenvalue weighted by Crippen LogP contribution is 2.39. The van der Waals surface area contributed by atoms with E-state index in [4.69, 9.17) is 10.5 Å². The van der Waals surface area contributed by atoms with Crippen molar-refractivity contribution < 1.29 is 38.6 Å². The van der Waals surface area contributed by atoms with Gasteiger partial charge in [-0.1, -0.05) is 93.6 Å². The van der Waals surface area contributed by atoms with E-state index in [-0.39, 0.29) is 69.0 Å². The Kier molecular flexibility index (Phi) is 15.7. The van der Waals surface area contributed by atoms with Gasteiger partial charge in [-0.3, -0.25) is 33.7 Å². The van der Waals surface area contributed by atoms with Crippen LogP contribution in [0.15, 0.2) is 84.4 Å². The average molecular weight is 984 g/mol. The molecule has 3 aliphatic heterocycles. The fourth-order valence-electron chi connectivity index (χ4n) is 10.1. The van der Waals surface area contributed by atoms with Crippen molar-refractivity contribution in [3.05, 3.63) is 118 Å². The Bertz CT molecular complexity index is 2800. The first kappa shape index (κ1) is 50.9. The maximum Gasteiger partial charge on any atom is 0.246 e. The lowest BCUT2D eigenvalue weighted by molar-refractivity contribution is -0.144. The summed E-state index contributed by atoms with van der Waals surface area (Å²) in [5.74, 6) is -1.95. The number of thiazole rings is 1. The predicted octanol–water partition coefficient (Wildman–Crippen LogP) is 5.96. The van der Waals surface area contributed by atoms with E-state index in [0.717, 1.165) is 73.3 Å². The summed E-state index contributed by atoms with van der Waals surface area (Å²) in [6, 6.07) is 22.6. The maximum absolute atomic E-state index is 14.3. The molecule has 1 saturated heterocycles. The number of aliphatic hydroxyl groups is 1. The molecule has 6 atom stereocenters. The number of para-hydroxylation sites is 1. The molecule has 0 aliphatic carbocycles. The van der Waals surface area contributed by atoms with Crippen molar-refractivity contribution in [3.8, 4) is 10.4 Å². The number of aryl methyl sites for hydroxylation is 3. The Morgan fingerprint density at radius 3 is 2.39 bits per heavy atom. The van der Waals surface area contributed by atoms with Gasteiger partial charge in [-0.15, -0.1) is 11.3 Å². The van der Waals surface area contributed by atoms with E-state index in [1.165, 1.54) is 4.90 Å². The van der Waals surface area contributed by atoms with E-state index >= 15 is 0 Å². The van der Waals surface area contributed by atoms with Gasteiger partial charge in [0.15, 0.2) is 0 Å². The number of nitrogens with two attached hydrogens (primary N) is 1. The van der Waals surface area contributed by atoms with Crippen molar-refractivity contribution in [3.63, 3.8) is 0 Å². The van der Waals surface area contributed by atoms with Crippen LogP contribution in [-0.2, 0) is 65.9 Å². The number of ether oxygens (including phenoxy) is 1. The summed E-state index contributed by atoms with van der Waals surface area (Å²) in [5, 5.41) is 21.6. The predicted molar refractivity (Wildman–Crippen MR) is 273 cm³/mol. The van der Waals surface area contributed by atoms with Gasteiger partial charge in [-0.25, -0.2) is 4.98 Å². The molecule has 0 saturated carbocycles. The molecule has 6 N–H and O–H groups in total. The molecule has 1 fully saturated rings. The highest BCUT2D eigenvalue weighted by atomic mass is 32.1. The van der Waals surface area contributed by atoms with Crippen LogP contribution >= 0.6 is 11.3 Å². The molecule has 8 rings (SSSR count). The number of hydrogen-bond donors (Lipinski definition) is 5. The second-order valence-corrected chi connectivity index (χ2v) is 21.2. The maximum atomic E-state index is 14.3. The molecule has 0 radical (unpaired) electrons. The molecule has 6 amide bonds. The quantitative estimate of drug-likeness (QED) is 0.0700. The first-order valence-electron chi connectivity index (χ1n) is 24.6. The molecular formula is C55H65N7O8S. The van der Waals surface area contributed by atoms with Gasteiger partial charge in [0.2, 0.25) is 35.4 Å². The minimum atomic E-state index is -0.953. The van der Waals surface area contributed by atoms with Crippen LogP contribution in [0.2, 0.25) is 0 Å². The first-order valence-corrected chi connectivity index (χ1v) is 25.5. The number of hydrogen-bond acceptors (Lipinski definition) is 10. The summed E-state index contributed by atoms with van der Waals surface area (Å²) >= 11 is 1.57. The molecule has 5 aromatic rings. The molecule has 16 heteroatoms. The lowest BCUT2D eigenvalue weighted by atomic mass is 9.85. The van der Waals surface area contributed by atoms with E-state index < -0.39 is 53.6 Å². The van der Waals surface area contributed by atoms with Crippen molar-refractivity contribution in [1.29, 1.82) is 0 Å². The molecule has 4 aromatic carbocycles. The number of anilines is 1. The number of fused-ring (bicyclic) bond motifs is 1. The molecule has 0 bridgehead atoms. The molecule has 4 heterocycles. The van der Waals surface area contributed by atoms with Crippen LogP contribution < -0.4 is 26.6 Å². The summed E-state index contributed by atoms with van der Waals surface area (Å²) in [4.78, 5) is 89.2. The summed E-state index contributed by atoms with van der Waals surface area (Å²) in [6.07, 6.45) is 1.82. The van der Waals surface area contributed by atoms with Crippen molar-refractivity contribution in [2.75, 3.05) is 11.4 Å². The number of aliphatic hydroxyl groups excluding tert-OH is 1. The number of nitrogens with one attached hydrogen (secondary N) is 3. The Labute approximate surface area is 418 Å². The van der Waals surface area contributed by atoms with Gasteiger partial charge in [-0.05, 0) is 95.2 Å². The van der Waals surface area contributed by atoms with Gasteiger partial charge < -0.3 is 36.4 Å². The third kappa shape index (κ3) is 11.8. The van der Waals surface area contributed by atoms with Gasteiger partial charge in [0.1, 0.15) is 18.1 Å². The summed E-state index contributed by atoms with van der Waals surface area (Å²) in [5.41, 5.74) is 14.3. The number of carbonyl (C=O) groups excluding carboxylic acids is 6. The zero-order valence-electron chi connectivity index (χ0n) is 41.2. The van der Waals surface area contributed by atoms with Gasteiger partial charge in [0, 0.05) is 45.2 Å². The van der Waals surface area contributed by atoms with E-state index in [2.05, 4.69) is 20.9 Å². The number of rotatable bonds is 18. The molecule has 0 spiro atoms. The number of primary amides is 1. The Balaban J connectivity index is 0.861. The van der Waals surface area contributed by atoms with E-state index in [0.29, 0.717) is 19.3 Å². The third-order valence-electron chi connectivity index (χ3n) is 14.1. The van der Waals surface area contributed by atoms with E-state index in [1.54, 1.807) is 16.2 Å². The number of likely N-dealkylation sites (tertiary alicyclic amines) is 1. The number of benzene rings is 4. The summed E-state index contributed by atoms with van der Waals surface area (Å²) < 4.78 is 6.36.